The Morgan fingerprint density at radius 1 is 1.23 bits per heavy atom. The molecule has 1 saturated heterocycles. The maximum atomic E-state index is 10.8. The molecular formula is C14H15N5O3. The van der Waals surface area contributed by atoms with Gasteiger partial charge in [-0.1, -0.05) is 0 Å². The van der Waals surface area contributed by atoms with Crippen LogP contribution in [0.3, 0.4) is 0 Å². The Hall–Kier alpha value is -2.74. The molecule has 0 amide bonds. The number of carboxylic acids is 1. The predicted molar refractivity (Wildman–Crippen MR) is 79.5 cm³/mol. The number of nitrogens with zero attached hydrogens (tertiary/aromatic N) is 4. The lowest BCUT2D eigenvalue weighted by molar-refractivity contribution is 0.0683. The highest BCUT2D eigenvalue weighted by atomic mass is 16.5. The number of carboxylic acid groups (broad SMARTS) is 1. The quantitative estimate of drug-likeness (QED) is 0.867. The van der Waals surface area contributed by atoms with Crippen molar-refractivity contribution >= 4 is 23.3 Å². The molecule has 3 heterocycles. The Labute approximate surface area is 126 Å². The topological polar surface area (TPSA) is 100 Å². The number of pyridine rings is 1. The molecule has 8 nitrogen and oxygen atoms in total. The molecule has 8 heteroatoms. The van der Waals surface area contributed by atoms with Crippen molar-refractivity contribution in [1.29, 1.82) is 0 Å². The first kappa shape index (κ1) is 14.2. The van der Waals surface area contributed by atoms with Gasteiger partial charge in [0.1, 0.15) is 11.6 Å². The van der Waals surface area contributed by atoms with Crippen molar-refractivity contribution < 1.29 is 14.6 Å². The first-order valence-corrected chi connectivity index (χ1v) is 6.84. The van der Waals surface area contributed by atoms with Gasteiger partial charge in [-0.05, 0) is 18.2 Å². The summed E-state index contributed by atoms with van der Waals surface area (Å²) >= 11 is 0. The minimum absolute atomic E-state index is 0.247. The molecule has 3 rings (SSSR count). The van der Waals surface area contributed by atoms with Crippen LogP contribution in [0.2, 0.25) is 0 Å². The summed E-state index contributed by atoms with van der Waals surface area (Å²) in [6.07, 6.45) is 3.08. The average Bonchev–Trinajstić information content (AvgIpc) is 2.56. The highest BCUT2D eigenvalue weighted by molar-refractivity contribution is 5.83. The number of morpholine rings is 1. The number of nitrogens with one attached hydrogen (secondary N) is 1. The number of rotatable bonds is 4. The molecule has 0 aliphatic carbocycles. The minimum Gasteiger partial charge on any atom is -0.475 e. The second-order valence-corrected chi connectivity index (χ2v) is 4.70. The molecular weight excluding hydrogens is 286 g/mol. The normalized spacial score (nSPS) is 14.6. The van der Waals surface area contributed by atoms with Gasteiger partial charge in [-0.3, -0.25) is 0 Å². The van der Waals surface area contributed by atoms with Gasteiger partial charge in [0, 0.05) is 19.3 Å². The first-order chi connectivity index (χ1) is 10.7. The van der Waals surface area contributed by atoms with E-state index in [0.717, 1.165) is 24.6 Å². The third-order valence-corrected chi connectivity index (χ3v) is 3.20. The SMILES string of the molecule is O=C(O)c1nccc(Nc2ccc(N3CCOCC3)nc2)n1. The van der Waals surface area contributed by atoms with E-state index >= 15 is 0 Å². The van der Waals surface area contributed by atoms with E-state index in [9.17, 15) is 4.79 Å². The van der Waals surface area contributed by atoms with Gasteiger partial charge in [-0.2, -0.15) is 0 Å². The lowest BCUT2D eigenvalue weighted by Gasteiger charge is -2.27. The van der Waals surface area contributed by atoms with Crippen molar-refractivity contribution in [2.75, 3.05) is 36.5 Å². The number of anilines is 3. The van der Waals surface area contributed by atoms with E-state index in [1.165, 1.54) is 6.20 Å². The second-order valence-electron chi connectivity index (χ2n) is 4.70. The Morgan fingerprint density at radius 2 is 2.05 bits per heavy atom. The summed E-state index contributed by atoms with van der Waals surface area (Å²) < 4.78 is 5.31. The van der Waals surface area contributed by atoms with Gasteiger partial charge in [0.25, 0.3) is 0 Å². The zero-order valence-electron chi connectivity index (χ0n) is 11.8. The van der Waals surface area contributed by atoms with Crippen molar-refractivity contribution in [2.24, 2.45) is 0 Å². The maximum absolute atomic E-state index is 10.8. The highest BCUT2D eigenvalue weighted by Crippen LogP contribution is 2.18. The van der Waals surface area contributed by atoms with Crippen LogP contribution in [0.15, 0.2) is 30.6 Å². The fourth-order valence-corrected chi connectivity index (χ4v) is 2.12. The van der Waals surface area contributed by atoms with Crippen molar-refractivity contribution in [2.45, 2.75) is 0 Å². The summed E-state index contributed by atoms with van der Waals surface area (Å²) in [5.41, 5.74) is 0.729. The summed E-state index contributed by atoms with van der Waals surface area (Å²) in [6, 6.07) is 5.38. The number of hydrogen-bond donors (Lipinski definition) is 2. The molecule has 22 heavy (non-hydrogen) atoms. The van der Waals surface area contributed by atoms with Crippen molar-refractivity contribution in [3.05, 3.63) is 36.4 Å². The predicted octanol–water partition coefficient (Wildman–Crippen LogP) is 1.15. The lowest BCUT2D eigenvalue weighted by atomic mass is 10.3. The maximum Gasteiger partial charge on any atom is 0.374 e. The van der Waals surface area contributed by atoms with Crippen LogP contribution < -0.4 is 10.2 Å². The largest absolute Gasteiger partial charge is 0.475 e. The molecule has 1 aliphatic heterocycles. The number of ether oxygens (including phenoxy) is 1. The molecule has 0 radical (unpaired) electrons. The van der Waals surface area contributed by atoms with Crippen LogP contribution in [0.25, 0.3) is 0 Å². The fourth-order valence-electron chi connectivity index (χ4n) is 2.12. The van der Waals surface area contributed by atoms with Crippen LogP contribution >= 0.6 is 0 Å². The van der Waals surface area contributed by atoms with Gasteiger partial charge in [0.2, 0.25) is 5.82 Å². The zero-order chi connectivity index (χ0) is 15.4. The van der Waals surface area contributed by atoms with Crippen LogP contribution in [0.4, 0.5) is 17.3 Å². The molecule has 1 fully saturated rings. The van der Waals surface area contributed by atoms with E-state index in [4.69, 9.17) is 9.84 Å². The molecule has 0 aromatic carbocycles. The summed E-state index contributed by atoms with van der Waals surface area (Å²) in [5.74, 6) is -0.108. The van der Waals surface area contributed by atoms with Gasteiger partial charge < -0.3 is 20.1 Å². The van der Waals surface area contributed by atoms with Crippen molar-refractivity contribution in [3.8, 4) is 0 Å². The van der Waals surface area contributed by atoms with E-state index in [-0.39, 0.29) is 5.82 Å². The Kier molecular flexibility index (Phi) is 4.10. The van der Waals surface area contributed by atoms with Gasteiger partial charge in [0.05, 0.1) is 25.1 Å². The summed E-state index contributed by atoms with van der Waals surface area (Å²) in [6.45, 7) is 3.07. The van der Waals surface area contributed by atoms with Crippen LogP contribution in [0.1, 0.15) is 10.6 Å². The monoisotopic (exact) mass is 301 g/mol. The molecule has 2 aromatic heterocycles. The van der Waals surface area contributed by atoms with Crippen LogP contribution in [-0.2, 0) is 4.74 Å². The van der Waals surface area contributed by atoms with Gasteiger partial charge in [-0.15, -0.1) is 0 Å². The molecule has 0 bridgehead atoms. The Morgan fingerprint density at radius 3 is 2.73 bits per heavy atom. The first-order valence-electron chi connectivity index (χ1n) is 6.84. The van der Waals surface area contributed by atoms with Crippen LogP contribution in [0.5, 0.6) is 0 Å². The second kappa shape index (κ2) is 6.35. The number of aromatic carboxylic acids is 1. The van der Waals surface area contributed by atoms with E-state index in [2.05, 4.69) is 25.2 Å². The summed E-state index contributed by atoms with van der Waals surface area (Å²) in [4.78, 5) is 25.0. The molecule has 0 spiro atoms. The Bertz CT molecular complexity index is 656. The lowest BCUT2D eigenvalue weighted by Crippen LogP contribution is -2.36. The van der Waals surface area contributed by atoms with Crippen molar-refractivity contribution in [1.82, 2.24) is 15.0 Å². The van der Waals surface area contributed by atoms with E-state index < -0.39 is 5.97 Å². The molecule has 0 saturated carbocycles. The number of aromatic nitrogens is 3. The molecule has 0 atom stereocenters. The third kappa shape index (κ3) is 3.29. The van der Waals surface area contributed by atoms with E-state index in [0.29, 0.717) is 19.0 Å². The van der Waals surface area contributed by atoms with Crippen molar-refractivity contribution in [3.63, 3.8) is 0 Å². The molecule has 2 aromatic rings. The van der Waals surface area contributed by atoms with Crippen LogP contribution in [-0.4, -0.2) is 52.3 Å². The molecule has 0 unspecified atom stereocenters. The fraction of sp³-hybridized carbons (Fsp3) is 0.286. The standard InChI is InChI=1S/C14H15N5O3/c20-14(21)13-15-4-3-11(18-13)17-10-1-2-12(16-9-10)19-5-7-22-8-6-19/h1-4,9H,5-8H2,(H,20,21)(H,15,17,18). The van der Waals surface area contributed by atoms with Gasteiger partial charge in [0.15, 0.2) is 0 Å². The van der Waals surface area contributed by atoms with Gasteiger partial charge >= 0.3 is 5.97 Å². The number of carbonyl (C=O) groups is 1. The van der Waals surface area contributed by atoms with E-state index in [1.807, 2.05) is 12.1 Å². The number of hydrogen-bond acceptors (Lipinski definition) is 7. The smallest absolute Gasteiger partial charge is 0.374 e. The zero-order valence-corrected chi connectivity index (χ0v) is 11.8. The molecule has 2 N–H and O–H groups in total. The summed E-state index contributed by atoms with van der Waals surface area (Å²) in [7, 11) is 0. The van der Waals surface area contributed by atoms with Gasteiger partial charge in [-0.25, -0.2) is 19.7 Å². The average molecular weight is 301 g/mol. The molecule has 1 aliphatic rings. The highest BCUT2D eigenvalue weighted by Gasteiger charge is 2.12. The summed E-state index contributed by atoms with van der Waals surface area (Å²) in [5, 5.41) is 11.9. The Balaban J connectivity index is 1.70. The third-order valence-electron chi connectivity index (χ3n) is 3.20. The minimum atomic E-state index is -1.16. The van der Waals surface area contributed by atoms with E-state index in [1.54, 1.807) is 12.3 Å². The molecule has 114 valence electrons. The van der Waals surface area contributed by atoms with Crippen LogP contribution in [0, 0.1) is 0 Å².